The van der Waals surface area contributed by atoms with Crippen molar-refractivity contribution in [2.45, 2.75) is 31.8 Å². The van der Waals surface area contributed by atoms with Crippen molar-refractivity contribution in [3.8, 4) is 0 Å². The van der Waals surface area contributed by atoms with Gasteiger partial charge in [0.05, 0.1) is 0 Å². The summed E-state index contributed by atoms with van der Waals surface area (Å²) in [7, 11) is 0. The van der Waals surface area contributed by atoms with E-state index in [9.17, 15) is 14.0 Å². The van der Waals surface area contributed by atoms with Crippen LogP contribution in [0.2, 0.25) is 0 Å². The predicted octanol–water partition coefficient (Wildman–Crippen LogP) is 2.84. The molecule has 3 rings (SSSR count). The van der Waals surface area contributed by atoms with Crippen LogP contribution in [0.15, 0.2) is 48.5 Å². The van der Waals surface area contributed by atoms with E-state index in [1.807, 2.05) is 12.1 Å². The van der Waals surface area contributed by atoms with E-state index in [0.29, 0.717) is 30.3 Å². The highest BCUT2D eigenvalue weighted by Gasteiger charge is 2.17. The summed E-state index contributed by atoms with van der Waals surface area (Å²) in [6, 6.07) is 12.9. The van der Waals surface area contributed by atoms with Gasteiger partial charge in [0.1, 0.15) is 5.82 Å². The third kappa shape index (κ3) is 5.13. The van der Waals surface area contributed by atoms with E-state index in [2.05, 4.69) is 16.0 Å². The summed E-state index contributed by atoms with van der Waals surface area (Å²) in [6.07, 6.45) is 2.69. The highest BCUT2D eigenvalue weighted by atomic mass is 19.1. The van der Waals surface area contributed by atoms with Crippen LogP contribution in [-0.4, -0.2) is 24.4 Å². The molecule has 1 atom stereocenters. The van der Waals surface area contributed by atoms with Crippen molar-refractivity contribution in [1.29, 1.82) is 0 Å². The van der Waals surface area contributed by atoms with Gasteiger partial charge in [-0.15, -0.1) is 0 Å². The lowest BCUT2D eigenvalue weighted by molar-refractivity contribution is -0.121. The summed E-state index contributed by atoms with van der Waals surface area (Å²) in [5.41, 5.74) is 1.99. The van der Waals surface area contributed by atoms with Gasteiger partial charge in [0, 0.05) is 30.3 Å². The van der Waals surface area contributed by atoms with Crippen molar-refractivity contribution < 1.29 is 14.0 Å². The smallest absolute Gasteiger partial charge is 0.255 e. The molecule has 2 aromatic carbocycles. The van der Waals surface area contributed by atoms with Gasteiger partial charge in [0.15, 0.2) is 0 Å². The van der Waals surface area contributed by atoms with E-state index >= 15 is 0 Å². The molecule has 26 heavy (non-hydrogen) atoms. The Hall–Kier alpha value is -2.73. The van der Waals surface area contributed by atoms with Crippen molar-refractivity contribution in [2.24, 2.45) is 0 Å². The van der Waals surface area contributed by atoms with Crippen molar-refractivity contribution in [2.75, 3.05) is 11.9 Å². The summed E-state index contributed by atoms with van der Waals surface area (Å²) in [4.78, 5) is 24.0. The first kappa shape index (κ1) is 18.1. The summed E-state index contributed by atoms with van der Waals surface area (Å²) < 4.78 is 12.9. The summed E-state index contributed by atoms with van der Waals surface area (Å²) in [6.45, 7) is 1.45. The van der Waals surface area contributed by atoms with Gasteiger partial charge in [0.25, 0.3) is 5.91 Å². The zero-order valence-corrected chi connectivity index (χ0v) is 14.4. The Kier molecular flexibility index (Phi) is 5.96. The molecule has 0 saturated carbocycles. The van der Waals surface area contributed by atoms with Crippen molar-refractivity contribution in [3.05, 3.63) is 65.5 Å². The average molecular weight is 355 g/mol. The van der Waals surface area contributed by atoms with Crippen LogP contribution in [-0.2, 0) is 11.3 Å². The second-order valence-corrected chi connectivity index (χ2v) is 6.43. The molecule has 0 radical (unpaired) electrons. The van der Waals surface area contributed by atoms with Crippen molar-refractivity contribution in [3.63, 3.8) is 0 Å². The maximum absolute atomic E-state index is 12.9. The molecule has 3 N–H and O–H groups in total. The molecule has 6 heteroatoms. The Morgan fingerprint density at radius 2 is 1.81 bits per heavy atom. The van der Waals surface area contributed by atoms with Crippen LogP contribution in [0.4, 0.5) is 10.1 Å². The molecular weight excluding hydrogens is 333 g/mol. The van der Waals surface area contributed by atoms with Gasteiger partial charge in [-0.2, -0.15) is 0 Å². The highest BCUT2D eigenvalue weighted by molar-refractivity contribution is 6.04. The Balaban J connectivity index is 1.47. The maximum Gasteiger partial charge on any atom is 0.255 e. The van der Waals surface area contributed by atoms with Crippen LogP contribution in [0.25, 0.3) is 0 Å². The van der Waals surface area contributed by atoms with Crippen LogP contribution in [0.3, 0.4) is 0 Å². The maximum atomic E-state index is 12.9. The molecule has 2 amide bonds. The standard InChI is InChI=1S/C20H22FN3O2/c21-16-7-5-15(6-8-16)20(26)24-17-9-3-14(4-10-17)13-23-19(25)12-18-2-1-11-22-18/h3-10,18,22H,1-2,11-13H2,(H,23,25)(H,24,26). The molecule has 1 saturated heterocycles. The minimum atomic E-state index is -0.378. The first-order valence-corrected chi connectivity index (χ1v) is 8.76. The normalized spacial score (nSPS) is 16.3. The van der Waals surface area contributed by atoms with Crippen molar-refractivity contribution >= 4 is 17.5 Å². The van der Waals surface area contributed by atoms with E-state index < -0.39 is 0 Å². The minimum absolute atomic E-state index is 0.0399. The number of anilines is 1. The molecule has 0 spiro atoms. The number of amides is 2. The van der Waals surface area contributed by atoms with Gasteiger partial charge in [-0.05, 0) is 61.3 Å². The molecule has 1 fully saturated rings. The van der Waals surface area contributed by atoms with Gasteiger partial charge in [0.2, 0.25) is 5.91 Å². The second-order valence-electron chi connectivity index (χ2n) is 6.43. The Labute approximate surface area is 152 Å². The van der Waals surface area contributed by atoms with E-state index in [0.717, 1.165) is 24.9 Å². The number of hydrogen-bond acceptors (Lipinski definition) is 3. The van der Waals surface area contributed by atoms with E-state index in [4.69, 9.17) is 0 Å². The molecule has 1 aliphatic rings. The SMILES string of the molecule is O=C(CC1CCCN1)NCc1ccc(NC(=O)c2ccc(F)cc2)cc1. The monoisotopic (exact) mass is 355 g/mol. The number of carbonyl (C=O) groups excluding carboxylic acids is 2. The molecule has 136 valence electrons. The average Bonchev–Trinajstić information content (AvgIpc) is 3.14. The first-order valence-electron chi connectivity index (χ1n) is 8.76. The Morgan fingerprint density at radius 1 is 1.08 bits per heavy atom. The minimum Gasteiger partial charge on any atom is -0.352 e. The van der Waals surface area contributed by atoms with Gasteiger partial charge in [-0.25, -0.2) is 4.39 Å². The van der Waals surface area contributed by atoms with Gasteiger partial charge >= 0.3 is 0 Å². The lowest BCUT2D eigenvalue weighted by atomic mass is 10.1. The summed E-state index contributed by atoms with van der Waals surface area (Å²) in [5, 5.41) is 8.98. The largest absolute Gasteiger partial charge is 0.352 e. The lowest BCUT2D eigenvalue weighted by Gasteiger charge is -2.11. The fourth-order valence-electron chi connectivity index (χ4n) is 2.94. The molecule has 0 aliphatic carbocycles. The topological polar surface area (TPSA) is 70.2 Å². The van der Waals surface area contributed by atoms with Crippen LogP contribution in [0.1, 0.15) is 35.2 Å². The third-order valence-corrected chi connectivity index (χ3v) is 4.40. The van der Waals surface area contributed by atoms with Crippen LogP contribution >= 0.6 is 0 Å². The van der Waals surface area contributed by atoms with Gasteiger partial charge in [-0.1, -0.05) is 12.1 Å². The van der Waals surface area contributed by atoms with Crippen molar-refractivity contribution in [1.82, 2.24) is 10.6 Å². The van der Waals surface area contributed by atoms with Crippen LogP contribution in [0, 0.1) is 5.82 Å². The number of benzene rings is 2. The molecule has 5 nitrogen and oxygen atoms in total. The number of hydrogen-bond donors (Lipinski definition) is 3. The van der Waals surface area contributed by atoms with Crippen LogP contribution in [0.5, 0.6) is 0 Å². The summed E-state index contributed by atoms with van der Waals surface area (Å²) in [5.74, 6) is -0.634. The molecule has 1 unspecified atom stereocenters. The number of halogens is 1. The molecular formula is C20H22FN3O2. The van der Waals surface area contributed by atoms with Crippen LogP contribution < -0.4 is 16.0 Å². The first-order chi connectivity index (χ1) is 12.6. The quantitative estimate of drug-likeness (QED) is 0.746. The predicted molar refractivity (Wildman–Crippen MR) is 98.3 cm³/mol. The molecule has 0 aromatic heterocycles. The molecule has 2 aromatic rings. The number of rotatable bonds is 6. The highest BCUT2D eigenvalue weighted by Crippen LogP contribution is 2.13. The Bertz CT molecular complexity index is 754. The summed E-state index contributed by atoms with van der Waals surface area (Å²) >= 11 is 0. The van der Waals surface area contributed by atoms with E-state index in [1.165, 1.54) is 24.3 Å². The fourth-order valence-corrected chi connectivity index (χ4v) is 2.94. The lowest BCUT2D eigenvalue weighted by Crippen LogP contribution is -2.31. The number of carbonyl (C=O) groups is 2. The zero-order chi connectivity index (χ0) is 18.4. The number of nitrogens with one attached hydrogen (secondary N) is 3. The molecule has 1 aliphatic heterocycles. The van der Waals surface area contributed by atoms with E-state index in [-0.39, 0.29) is 17.6 Å². The fraction of sp³-hybridized carbons (Fsp3) is 0.300. The Morgan fingerprint density at radius 3 is 2.46 bits per heavy atom. The molecule has 1 heterocycles. The van der Waals surface area contributed by atoms with Gasteiger partial charge in [-0.3, -0.25) is 9.59 Å². The zero-order valence-electron chi connectivity index (χ0n) is 14.4. The third-order valence-electron chi connectivity index (χ3n) is 4.40. The molecule has 0 bridgehead atoms. The second kappa shape index (κ2) is 8.58. The van der Waals surface area contributed by atoms with E-state index in [1.54, 1.807) is 12.1 Å². The van der Waals surface area contributed by atoms with Gasteiger partial charge < -0.3 is 16.0 Å².